The quantitative estimate of drug-likeness (QED) is 0.466. The molecular formula is C29H36FNO2. The predicted molar refractivity (Wildman–Crippen MR) is 132 cm³/mol. The number of esters is 1. The maximum absolute atomic E-state index is 12.4. The Hall–Kier alpha value is -2.46. The lowest BCUT2D eigenvalue weighted by atomic mass is 9.88. The molecule has 1 aliphatic heterocycles. The Morgan fingerprint density at radius 2 is 1.91 bits per heavy atom. The van der Waals surface area contributed by atoms with Gasteiger partial charge in [-0.25, -0.2) is 4.79 Å². The van der Waals surface area contributed by atoms with Crippen LogP contribution in [0, 0.1) is 17.8 Å². The first-order chi connectivity index (χ1) is 16.0. The second-order valence-corrected chi connectivity index (χ2v) is 9.96. The van der Waals surface area contributed by atoms with E-state index in [4.69, 9.17) is 4.74 Å². The van der Waals surface area contributed by atoms with Gasteiger partial charge in [-0.05, 0) is 83.4 Å². The van der Waals surface area contributed by atoms with E-state index >= 15 is 0 Å². The van der Waals surface area contributed by atoms with Crippen LogP contribution in [-0.4, -0.2) is 44.3 Å². The van der Waals surface area contributed by atoms with Crippen LogP contribution < -0.4 is 0 Å². The minimum Gasteiger partial charge on any atom is -0.465 e. The van der Waals surface area contributed by atoms with Gasteiger partial charge in [0.05, 0.1) is 19.3 Å². The first-order valence-electron chi connectivity index (χ1n) is 12.3. The number of fused-ring (bicyclic) bond motifs is 1. The molecule has 33 heavy (non-hydrogen) atoms. The fourth-order valence-electron chi connectivity index (χ4n) is 5.22. The topological polar surface area (TPSA) is 29.5 Å². The average Bonchev–Trinajstić information content (AvgIpc) is 3.00. The minimum absolute atomic E-state index is 0.219. The monoisotopic (exact) mass is 449 g/mol. The molecule has 0 aromatic heterocycles. The Kier molecular flexibility index (Phi) is 7.64. The summed E-state index contributed by atoms with van der Waals surface area (Å²) in [6.45, 7) is 7.40. The van der Waals surface area contributed by atoms with Crippen LogP contribution >= 0.6 is 0 Å². The molecule has 3 nitrogen and oxygen atoms in total. The van der Waals surface area contributed by atoms with Crippen molar-refractivity contribution in [2.45, 2.75) is 39.5 Å². The molecule has 1 saturated heterocycles. The summed E-state index contributed by atoms with van der Waals surface area (Å²) in [5.41, 5.74) is 6.93. The normalized spacial score (nSPS) is 18.9. The van der Waals surface area contributed by atoms with Crippen molar-refractivity contribution >= 4 is 11.5 Å². The Labute approximate surface area is 197 Å². The number of rotatable bonds is 8. The number of carbonyl (C=O) groups is 1. The minimum atomic E-state index is -0.281. The van der Waals surface area contributed by atoms with Gasteiger partial charge in [-0.2, -0.15) is 0 Å². The summed E-state index contributed by atoms with van der Waals surface area (Å²) < 4.78 is 17.3. The zero-order valence-corrected chi connectivity index (χ0v) is 20.1. The summed E-state index contributed by atoms with van der Waals surface area (Å²) in [4.78, 5) is 14.4. The number of hydrogen-bond donors (Lipinski definition) is 0. The summed E-state index contributed by atoms with van der Waals surface area (Å²) in [7, 11) is 1.43. The fourth-order valence-corrected chi connectivity index (χ4v) is 5.22. The van der Waals surface area contributed by atoms with Gasteiger partial charge < -0.3 is 9.64 Å². The van der Waals surface area contributed by atoms with Gasteiger partial charge in [0.15, 0.2) is 0 Å². The molecule has 0 saturated carbocycles. The fraction of sp³-hybridized carbons (Fsp3) is 0.483. The van der Waals surface area contributed by atoms with Crippen LogP contribution in [0.4, 0.5) is 4.39 Å². The van der Waals surface area contributed by atoms with Crippen molar-refractivity contribution < 1.29 is 13.9 Å². The predicted octanol–water partition coefficient (Wildman–Crippen LogP) is 5.96. The molecule has 2 aromatic rings. The van der Waals surface area contributed by atoms with Gasteiger partial charge in [0.1, 0.15) is 0 Å². The number of alkyl halides is 1. The van der Waals surface area contributed by atoms with Crippen LogP contribution in [0.2, 0.25) is 0 Å². The lowest BCUT2D eigenvalue weighted by molar-refractivity contribution is 0.0600. The summed E-state index contributed by atoms with van der Waals surface area (Å²) in [5.74, 6) is 1.46. The van der Waals surface area contributed by atoms with E-state index in [9.17, 15) is 9.18 Å². The summed E-state index contributed by atoms with van der Waals surface area (Å²) in [6, 6.07) is 15.0. The maximum atomic E-state index is 12.4. The number of ether oxygens (including phenoxy) is 1. The highest BCUT2D eigenvalue weighted by Gasteiger charge is 2.26. The lowest BCUT2D eigenvalue weighted by Gasteiger charge is -2.39. The Bertz CT molecular complexity index is 989. The van der Waals surface area contributed by atoms with Crippen LogP contribution in [0.5, 0.6) is 0 Å². The van der Waals surface area contributed by atoms with Crippen molar-refractivity contribution in [1.29, 1.82) is 0 Å². The van der Waals surface area contributed by atoms with Crippen molar-refractivity contribution in [3.63, 3.8) is 0 Å². The zero-order valence-electron chi connectivity index (χ0n) is 20.1. The summed E-state index contributed by atoms with van der Waals surface area (Å²) in [6.07, 6.45) is 6.22. The molecule has 0 bridgehead atoms. The van der Waals surface area contributed by atoms with E-state index in [1.54, 1.807) is 0 Å². The third kappa shape index (κ3) is 5.55. The molecule has 2 aromatic carbocycles. The van der Waals surface area contributed by atoms with Gasteiger partial charge in [0.25, 0.3) is 0 Å². The molecule has 1 fully saturated rings. The van der Waals surface area contributed by atoms with E-state index in [1.165, 1.54) is 34.9 Å². The third-order valence-electron chi connectivity index (χ3n) is 7.23. The number of carbonyl (C=O) groups excluding carboxylic acids is 1. The van der Waals surface area contributed by atoms with Gasteiger partial charge in [-0.15, -0.1) is 0 Å². The number of benzene rings is 2. The number of halogens is 1. The zero-order chi connectivity index (χ0) is 23.4. The standard InChI is InChI=1S/C29H36FNO2/c1-20(2)24-9-10-25-16-26(29(32)33-3)11-12-27(25)28(17-24)23-7-5-21(6-8-23)15-22-18-31(19-22)14-4-13-30/h5-8,11-12,16-17,20,22,24H,4,9-10,13-15,18-19H2,1-3H3. The number of likely N-dealkylation sites (tertiary alicyclic amines) is 1. The van der Waals surface area contributed by atoms with Crippen LogP contribution in [-0.2, 0) is 17.6 Å². The summed E-state index contributed by atoms with van der Waals surface area (Å²) >= 11 is 0. The van der Waals surface area contributed by atoms with Gasteiger partial charge >= 0.3 is 5.97 Å². The van der Waals surface area contributed by atoms with Gasteiger partial charge in [0.2, 0.25) is 0 Å². The van der Waals surface area contributed by atoms with E-state index in [2.05, 4.69) is 55.2 Å². The maximum Gasteiger partial charge on any atom is 0.337 e. The molecule has 0 amide bonds. The molecule has 0 spiro atoms. The number of nitrogens with zero attached hydrogens (tertiary/aromatic N) is 1. The van der Waals surface area contributed by atoms with Crippen molar-refractivity contribution in [2.24, 2.45) is 17.8 Å². The number of allylic oxidation sites excluding steroid dienone is 1. The number of aryl methyl sites for hydroxylation is 1. The average molecular weight is 450 g/mol. The van der Waals surface area contributed by atoms with Crippen molar-refractivity contribution in [3.05, 3.63) is 76.4 Å². The Balaban J connectivity index is 1.54. The van der Waals surface area contributed by atoms with E-state index < -0.39 is 0 Å². The molecule has 4 rings (SSSR count). The van der Waals surface area contributed by atoms with E-state index in [-0.39, 0.29) is 12.6 Å². The SMILES string of the molecule is COC(=O)c1ccc2c(c1)CCC(C(C)C)C=C2c1ccc(CC2CN(CCCF)C2)cc1. The molecule has 0 radical (unpaired) electrons. The number of hydrogen-bond acceptors (Lipinski definition) is 3. The van der Waals surface area contributed by atoms with E-state index in [1.807, 2.05) is 12.1 Å². The van der Waals surface area contributed by atoms with Crippen LogP contribution in [0.3, 0.4) is 0 Å². The number of methoxy groups -OCH3 is 1. The first-order valence-corrected chi connectivity index (χ1v) is 12.3. The highest BCUT2D eigenvalue weighted by Crippen LogP contribution is 2.36. The molecule has 0 N–H and O–H groups in total. The van der Waals surface area contributed by atoms with E-state index in [0.717, 1.165) is 38.9 Å². The van der Waals surface area contributed by atoms with Gasteiger partial charge in [-0.3, -0.25) is 4.39 Å². The Morgan fingerprint density at radius 1 is 1.15 bits per heavy atom. The molecular weight excluding hydrogens is 413 g/mol. The van der Waals surface area contributed by atoms with Crippen LogP contribution in [0.1, 0.15) is 59.3 Å². The highest BCUT2D eigenvalue weighted by molar-refractivity contribution is 5.91. The van der Waals surface area contributed by atoms with Crippen molar-refractivity contribution in [3.8, 4) is 0 Å². The molecule has 1 aliphatic carbocycles. The Morgan fingerprint density at radius 3 is 2.58 bits per heavy atom. The molecule has 176 valence electrons. The largest absolute Gasteiger partial charge is 0.465 e. The van der Waals surface area contributed by atoms with Crippen molar-refractivity contribution in [2.75, 3.05) is 33.4 Å². The second kappa shape index (κ2) is 10.6. The molecule has 1 unspecified atom stereocenters. The summed E-state index contributed by atoms with van der Waals surface area (Å²) in [5, 5.41) is 0. The third-order valence-corrected chi connectivity index (χ3v) is 7.23. The molecule has 4 heteroatoms. The molecule has 2 aliphatic rings. The smallest absolute Gasteiger partial charge is 0.337 e. The van der Waals surface area contributed by atoms with Crippen molar-refractivity contribution in [1.82, 2.24) is 4.90 Å². The molecule has 1 atom stereocenters. The molecule has 1 heterocycles. The van der Waals surface area contributed by atoms with Crippen LogP contribution in [0.25, 0.3) is 5.57 Å². The lowest BCUT2D eigenvalue weighted by Crippen LogP contribution is -2.47. The van der Waals surface area contributed by atoms with E-state index in [0.29, 0.717) is 29.7 Å². The first kappa shape index (κ1) is 23.7. The van der Waals surface area contributed by atoms with Gasteiger partial charge in [0, 0.05) is 19.6 Å². The highest BCUT2D eigenvalue weighted by atomic mass is 19.1. The van der Waals surface area contributed by atoms with Gasteiger partial charge in [-0.1, -0.05) is 50.3 Å². The van der Waals surface area contributed by atoms with Crippen LogP contribution in [0.15, 0.2) is 48.5 Å². The second-order valence-electron chi connectivity index (χ2n) is 9.96.